The Kier molecular flexibility index (Phi) is 2.45. The van der Waals surface area contributed by atoms with Crippen LogP contribution in [0.5, 0.6) is 0 Å². The van der Waals surface area contributed by atoms with Gasteiger partial charge in [0.2, 0.25) is 0 Å². The van der Waals surface area contributed by atoms with E-state index in [0.717, 1.165) is 11.1 Å². The average Bonchev–Trinajstić information content (AvgIpc) is 2.69. The minimum absolute atomic E-state index is 0.242. The summed E-state index contributed by atoms with van der Waals surface area (Å²) < 4.78 is 1.50. The zero-order chi connectivity index (χ0) is 12.7. The number of fused-ring (bicyclic) bond motifs is 1. The van der Waals surface area contributed by atoms with Crippen molar-refractivity contribution in [1.82, 2.24) is 14.6 Å². The lowest BCUT2D eigenvalue weighted by Crippen LogP contribution is -2.07. The van der Waals surface area contributed by atoms with Crippen molar-refractivity contribution in [2.75, 3.05) is 0 Å². The molecule has 3 rings (SSSR count). The van der Waals surface area contributed by atoms with E-state index in [-0.39, 0.29) is 5.56 Å². The molecule has 2 heterocycles. The molecule has 3 aromatic rings. The van der Waals surface area contributed by atoms with Gasteiger partial charge in [-0.2, -0.15) is 5.10 Å². The Morgan fingerprint density at radius 1 is 1.28 bits per heavy atom. The fourth-order valence-corrected chi connectivity index (χ4v) is 2.19. The Hall–Kier alpha value is -2.07. The van der Waals surface area contributed by atoms with Crippen LogP contribution in [-0.4, -0.2) is 14.6 Å². The van der Waals surface area contributed by atoms with E-state index in [2.05, 4.69) is 10.1 Å². The molecular formula is C13H10ClN3O. The molecule has 0 aliphatic carbocycles. The molecular weight excluding hydrogens is 250 g/mol. The first-order valence-electron chi connectivity index (χ1n) is 5.49. The molecule has 0 bridgehead atoms. The number of halogens is 1. The van der Waals surface area contributed by atoms with Gasteiger partial charge >= 0.3 is 0 Å². The van der Waals surface area contributed by atoms with E-state index >= 15 is 0 Å². The highest BCUT2D eigenvalue weighted by Crippen LogP contribution is 2.28. The molecule has 0 fully saturated rings. The maximum atomic E-state index is 11.7. The van der Waals surface area contributed by atoms with Gasteiger partial charge in [-0.05, 0) is 6.92 Å². The highest BCUT2D eigenvalue weighted by molar-refractivity contribution is 6.36. The van der Waals surface area contributed by atoms with Crippen molar-refractivity contribution < 1.29 is 0 Å². The minimum Gasteiger partial charge on any atom is -0.326 e. The second-order valence-electron chi connectivity index (χ2n) is 4.11. The first kappa shape index (κ1) is 11.0. The Morgan fingerprint density at radius 3 is 2.67 bits per heavy atom. The predicted octanol–water partition coefficient (Wildman–Crippen LogP) is 2.65. The molecule has 0 radical (unpaired) electrons. The molecule has 0 unspecified atom stereocenters. The minimum atomic E-state index is -0.242. The molecule has 0 aliphatic heterocycles. The standard InChI is InChI=1S/C13H10ClN3O/c1-8-2-4-9(5-3-8)11-10(14)12-13(18)15-6-7-17(12)16-11/h2-7H,1H3,(H,15,18). The highest BCUT2D eigenvalue weighted by atomic mass is 35.5. The van der Waals surface area contributed by atoms with Crippen molar-refractivity contribution in [3.05, 3.63) is 57.6 Å². The van der Waals surface area contributed by atoms with Crippen LogP contribution in [0.4, 0.5) is 0 Å². The van der Waals surface area contributed by atoms with Crippen molar-refractivity contribution in [1.29, 1.82) is 0 Å². The normalized spacial score (nSPS) is 11.0. The van der Waals surface area contributed by atoms with E-state index in [4.69, 9.17) is 11.6 Å². The van der Waals surface area contributed by atoms with Crippen LogP contribution in [0.2, 0.25) is 5.02 Å². The first-order chi connectivity index (χ1) is 8.66. The molecule has 0 saturated carbocycles. The van der Waals surface area contributed by atoms with E-state index < -0.39 is 0 Å². The summed E-state index contributed by atoms with van der Waals surface area (Å²) >= 11 is 6.23. The van der Waals surface area contributed by atoms with Gasteiger partial charge in [-0.3, -0.25) is 4.79 Å². The van der Waals surface area contributed by atoms with Crippen molar-refractivity contribution in [3.8, 4) is 11.3 Å². The number of aromatic amines is 1. The summed E-state index contributed by atoms with van der Waals surface area (Å²) in [7, 11) is 0. The Balaban J connectivity index is 2.30. The number of nitrogens with zero attached hydrogens (tertiary/aromatic N) is 2. The van der Waals surface area contributed by atoms with Gasteiger partial charge in [0.05, 0.1) is 0 Å². The number of aryl methyl sites for hydroxylation is 1. The number of hydrogen-bond donors (Lipinski definition) is 1. The fourth-order valence-electron chi connectivity index (χ4n) is 1.87. The Morgan fingerprint density at radius 2 is 2.00 bits per heavy atom. The van der Waals surface area contributed by atoms with Crippen LogP contribution in [0.15, 0.2) is 41.5 Å². The number of aromatic nitrogens is 3. The molecule has 1 N–H and O–H groups in total. The van der Waals surface area contributed by atoms with Gasteiger partial charge in [0.25, 0.3) is 5.56 Å². The summed E-state index contributed by atoms with van der Waals surface area (Å²) in [5, 5.41) is 4.71. The van der Waals surface area contributed by atoms with E-state index in [9.17, 15) is 4.79 Å². The molecule has 0 aliphatic rings. The molecule has 0 spiro atoms. The largest absolute Gasteiger partial charge is 0.326 e. The number of rotatable bonds is 1. The molecule has 2 aromatic heterocycles. The maximum Gasteiger partial charge on any atom is 0.275 e. The van der Waals surface area contributed by atoms with Crippen LogP contribution in [0.1, 0.15) is 5.56 Å². The van der Waals surface area contributed by atoms with Crippen LogP contribution in [0.25, 0.3) is 16.8 Å². The van der Waals surface area contributed by atoms with Crippen molar-refractivity contribution in [3.63, 3.8) is 0 Å². The molecule has 0 atom stereocenters. The summed E-state index contributed by atoms with van der Waals surface area (Å²) in [5.41, 5.74) is 2.81. The third-order valence-corrected chi connectivity index (χ3v) is 3.18. The molecule has 0 amide bonds. The highest BCUT2D eigenvalue weighted by Gasteiger charge is 2.14. The molecule has 4 nitrogen and oxygen atoms in total. The Bertz CT molecular complexity index is 771. The number of hydrogen-bond acceptors (Lipinski definition) is 2. The molecule has 1 aromatic carbocycles. The van der Waals surface area contributed by atoms with Crippen LogP contribution >= 0.6 is 11.6 Å². The second-order valence-corrected chi connectivity index (χ2v) is 4.49. The lowest BCUT2D eigenvalue weighted by atomic mass is 10.1. The number of nitrogens with one attached hydrogen (secondary N) is 1. The van der Waals surface area contributed by atoms with Gasteiger partial charge in [-0.1, -0.05) is 41.4 Å². The van der Waals surface area contributed by atoms with Crippen molar-refractivity contribution in [2.45, 2.75) is 6.92 Å². The van der Waals surface area contributed by atoms with Crippen molar-refractivity contribution >= 4 is 17.1 Å². The quantitative estimate of drug-likeness (QED) is 0.730. The third kappa shape index (κ3) is 1.62. The Labute approximate surface area is 108 Å². The monoisotopic (exact) mass is 259 g/mol. The lowest BCUT2D eigenvalue weighted by molar-refractivity contribution is 0.940. The van der Waals surface area contributed by atoms with Crippen LogP contribution in [0, 0.1) is 6.92 Å². The molecule has 5 heteroatoms. The van der Waals surface area contributed by atoms with Gasteiger partial charge < -0.3 is 4.98 Å². The summed E-state index contributed by atoms with van der Waals surface area (Å²) in [4.78, 5) is 14.3. The molecule has 0 saturated heterocycles. The third-order valence-electron chi connectivity index (χ3n) is 2.82. The van der Waals surface area contributed by atoms with Crippen LogP contribution in [0.3, 0.4) is 0 Å². The maximum absolute atomic E-state index is 11.7. The molecule has 18 heavy (non-hydrogen) atoms. The summed E-state index contributed by atoms with van der Waals surface area (Å²) in [6.07, 6.45) is 3.21. The van der Waals surface area contributed by atoms with Crippen molar-refractivity contribution in [2.24, 2.45) is 0 Å². The van der Waals surface area contributed by atoms with Gasteiger partial charge in [0.15, 0.2) is 5.52 Å². The zero-order valence-corrected chi connectivity index (χ0v) is 10.4. The lowest BCUT2D eigenvalue weighted by Gasteiger charge is -1.97. The van der Waals surface area contributed by atoms with E-state index in [1.54, 1.807) is 6.20 Å². The van der Waals surface area contributed by atoms with Crippen LogP contribution < -0.4 is 5.56 Å². The van der Waals surface area contributed by atoms with Gasteiger partial charge in [-0.15, -0.1) is 0 Å². The number of H-pyrrole nitrogens is 1. The topological polar surface area (TPSA) is 50.2 Å². The van der Waals surface area contributed by atoms with Gasteiger partial charge in [0, 0.05) is 18.0 Å². The van der Waals surface area contributed by atoms with E-state index in [0.29, 0.717) is 16.2 Å². The first-order valence-corrected chi connectivity index (χ1v) is 5.87. The predicted molar refractivity (Wildman–Crippen MR) is 71.0 cm³/mol. The van der Waals surface area contributed by atoms with Gasteiger partial charge in [-0.25, -0.2) is 4.52 Å². The molecule has 90 valence electrons. The summed E-state index contributed by atoms with van der Waals surface area (Å²) in [5.74, 6) is 0. The smallest absolute Gasteiger partial charge is 0.275 e. The fraction of sp³-hybridized carbons (Fsp3) is 0.0769. The van der Waals surface area contributed by atoms with Gasteiger partial charge in [0.1, 0.15) is 10.7 Å². The second kappa shape index (κ2) is 3.99. The summed E-state index contributed by atoms with van der Waals surface area (Å²) in [6.45, 7) is 2.01. The zero-order valence-electron chi connectivity index (χ0n) is 9.64. The van der Waals surface area contributed by atoms with E-state index in [1.807, 2.05) is 31.2 Å². The summed E-state index contributed by atoms with van der Waals surface area (Å²) in [6, 6.07) is 7.86. The SMILES string of the molecule is Cc1ccc(-c2nn3cc[nH]c(=O)c3c2Cl)cc1. The van der Waals surface area contributed by atoms with Crippen LogP contribution in [-0.2, 0) is 0 Å². The average molecular weight is 260 g/mol. The van der Waals surface area contributed by atoms with E-state index in [1.165, 1.54) is 10.7 Å². The number of benzene rings is 1.